The molecule has 5 heteroatoms. The van der Waals surface area contributed by atoms with E-state index in [1.54, 1.807) is 6.07 Å². The molecule has 0 saturated carbocycles. The second kappa shape index (κ2) is 6.67. The van der Waals surface area contributed by atoms with Gasteiger partial charge in [0.25, 0.3) is 0 Å². The summed E-state index contributed by atoms with van der Waals surface area (Å²) >= 11 is 0. The average molecular weight is 348 g/mol. The van der Waals surface area contributed by atoms with E-state index in [0.29, 0.717) is 0 Å². The summed E-state index contributed by atoms with van der Waals surface area (Å²) in [5.41, 5.74) is 5.34. The average Bonchev–Trinajstić information content (AvgIpc) is 2.60. The standard InChI is InChI=1S/C21H24N4O/c1-13-10-14(2)20(19(26)11-13)17-7-5-15-4-6-16(23-21(15)24-17)18-12-22-8-9-25(18)3/h4-7,10-11,18,22,26H,8-9,12H2,1-3H3. The number of nitrogens with zero attached hydrogens (tertiary/aromatic N) is 3. The maximum absolute atomic E-state index is 10.4. The van der Waals surface area contributed by atoms with E-state index in [9.17, 15) is 5.11 Å². The number of rotatable bonds is 2. The molecule has 0 amide bonds. The monoisotopic (exact) mass is 348 g/mol. The second-order valence-electron chi connectivity index (χ2n) is 7.16. The van der Waals surface area contributed by atoms with Gasteiger partial charge in [-0.2, -0.15) is 0 Å². The summed E-state index contributed by atoms with van der Waals surface area (Å²) in [5.74, 6) is 0.265. The highest BCUT2D eigenvalue weighted by Crippen LogP contribution is 2.33. The van der Waals surface area contributed by atoms with Gasteiger partial charge in [-0.25, -0.2) is 9.97 Å². The molecule has 1 unspecified atom stereocenters. The molecule has 3 aromatic rings. The molecule has 4 rings (SSSR count). The molecule has 1 aromatic carbocycles. The Hall–Kier alpha value is -2.50. The van der Waals surface area contributed by atoms with Crippen LogP contribution >= 0.6 is 0 Å². The Morgan fingerprint density at radius 3 is 2.69 bits per heavy atom. The summed E-state index contributed by atoms with van der Waals surface area (Å²) in [6.45, 7) is 6.89. The van der Waals surface area contributed by atoms with E-state index in [-0.39, 0.29) is 11.8 Å². The van der Waals surface area contributed by atoms with Crippen molar-refractivity contribution in [1.82, 2.24) is 20.2 Å². The van der Waals surface area contributed by atoms with Crippen LogP contribution in [0.2, 0.25) is 0 Å². The summed E-state index contributed by atoms with van der Waals surface area (Å²) in [5, 5.41) is 14.9. The van der Waals surface area contributed by atoms with Crippen LogP contribution in [0.15, 0.2) is 36.4 Å². The van der Waals surface area contributed by atoms with Gasteiger partial charge in [0, 0.05) is 30.6 Å². The Balaban J connectivity index is 1.79. The van der Waals surface area contributed by atoms with E-state index in [0.717, 1.165) is 58.7 Å². The summed E-state index contributed by atoms with van der Waals surface area (Å²) in [7, 11) is 2.13. The Morgan fingerprint density at radius 1 is 1.12 bits per heavy atom. The number of pyridine rings is 2. The summed E-state index contributed by atoms with van der Waals surface area (Å²) in [6, 6.07) is 12.2. The third-order valence-electron chi connectivity index (χ3n) is 5.14. The number of piperazine rings is 1. The normalized spacial score (nSPS) is 18.3. The van der Waals surface area contributed by atoms with E-state index in [1.807, 2.05) is 26.0 Å². The third-order valence-corrected chi connectivity index (χ3v) is 5.14. The zero-order chi connectivity index (χ0) is 18.3. The number of hydrogen-bond acceptors (Lipinski definition) is 5. The highest BCUT2D eigenvalue weighted by molar-refractivity contribution is 5.81. The van der Waals surface area contributed by atoms with Crippen molar-refractivity contribution < 1.29 is 5.11 Å². The molecule has 26 heavy (non-hydrogen) atoms. The number of likely N-dealkylation sites (N-methyl/N-ethyl adjacent to an activating group) is 1. The molecule has 1 aliphatic heterocycles. The maximum atomic E-state index is 10.4. The number of hydrogen-bond donors (Lipinski definition) is 2. The second-order valence-corrected chi connectivity index (χ2v) is 7.16. The van der Waals surface area contributed by atoms with Crippen LogP contribution in [-0.4, -0.2) is 46.7 Å². The van der Waals surface area contributed by atoms with E-state index >= 15 is 0 Å². The first-order valence-electron chi connectivity index (χ1n) is 9.02. The van der Waals surface area contributed by atoms with Crippen molar-refractivity contribution in [2.24, 2.45) is 0 Å². The molecule has 0 radical (unpaired) electrons. The Labute approximate surface area is 153 Å². The fraction of sp³-hybridized carbons (Fsp3) is 0.333. The third kappa shape index (κ3) is 3.04. The fourth-order valence-electron chi connectivity index (χ4n) is 3.75. The van der Waals surface area contributed by atoms with Gasteiger partial charge in [-0.1, -0.05) is 6.07 Å². The Morgan fingerprint density at radius 2 is 1.92 bits per heavy atom. The van der Waals surface area contributed by atoms with Crippen LogP contribution in [0.1, 0.15) is 22.9 Å². The van der Waals surface area contributed by atoms with Gasteiger partial charge < -0.3 is 10.4 Å². The molecule has 1 aliphatic rings. The number of nitrogens with one attached hydrogen (secondary N) is 1. The number of aryl methyl sites for hydroxylation is 2. The summed E-state index contributed by atoms with van der Waals surface area (Å²) in [4.78, 5) is 11.9. The number of aromatic nitrogens is 2. The van der Waals surface area contributed by atoms with Gasteiger partial charge in [-0.15, -0.1) is 0 Å². The topological polar surface area (TPSA) is 61.3 Å². The SMILES string of the molecule is Cc1cc(C)c(-c2ccc3ccc(C4CNCCN4C)nc3n2)c(O)c1. The summed E-state index contributed by atoms with van der Waals surface area (Å²) in [6.07, 6.45) is 0. The zero-order valence-electron chi connectivity index (χ0n) is 15.5. The summed E-state index contributed by atoms with van der Waals surface area (Å²) < 4.78 is 0. The first kappa shape index (κ1) is 16.9. The lowest BCUT2D eigenvalue weighted by atomic mass is 10.0. The molecule has 1 saturated heterocycles. The minimum absolute atomic E-state index is 0.258. The van der Waals surface area contributed by atoms with Crippen molar-refractivity contribution in [3.05, 3.63) is 53.2 Å². The van der Waals surface area contributed by atoms with Gasteiger partial charge in [-0.3, -0.25) is 4.90 Å². The highest BCUT2D eigenvalue weighted by Gasteiger charge is 2.22. The van der Waals surface area contributed by atoms with E-state index < -0.39 is 0 Å². The van der Waals surface area contributed by atoms with Crippen LogP contribution in [0.4, 0.5) is 0 Å². The minimum Gasteiger partial charge on any atom is -0.507 e. The van der Waals surface area contributed by atoms with Gasteiger partial charge in [0.1, 0.15) is 5.75 Å². The number of phenols is 1. The minimum atomic E-state index is 0.258. The largest absolute Gasteiger partial charge is 0.507 e. The van der Waals surface area contributed by atoms with Crippen molar-refractivity contribution >= 4 is 11.0 Å². The van der Waals surface area contributed by atoms with Gasteiger partial charge >= 0.3 is 0 Å². The lowest BCUT2D eigenvalue weighted by Crippen LogP contribution is -2.44. The quantitative estimate of drug-likeness (QED) is 0.745. The highest BCUT2D eigenvalue weighted by atomic mass is 16.3. The van der Waals surface area contributed by atoms with Crippen LogP contribution in [0.5, 0.6) is 5.75 Å². The predicted molar refractivity (Wildman–Crippen MR) is 104 cm³/mol. The van der Waals surface area contributed by atoms with E-state index in [4.69, 9.17) is 9.97 Å². The predicted octanol–water partition coefficient (Wildman–Crippen LogP) is 3.20. The van der Waals surface area contributed by atoms with Crippen molar-refractivity contribution in [3.8, 4) is 17.0 Å². The van der Waals surface area contributed by atoms with E-state index in [1.165, 1.54) is 0 Å². The molecular weight excluding hydrogens is 324 g/mol. The van der Waals surface area contributed by atoms with Crippen molar-refractivity contribution in [1.29, 1.82) is 0 Å². The van der Waals surface area contributed by atoms with Crippen LogP contribution in [0, 0.1) is 13.8 Å². The van der Waals surface area contributed by atoms with Crippen molar-refractivity contribution in [2.45, 2.75) is 19.9 Å². The number of phenolic OH excluding ortho intramolecular Hbond substituents is 1. The van der Waals surface area contributed by atoms with Gasteiger partial charge in [0.2, 0.25) is 0 Å². The van der Waals surface area contributed by atoms with Crippen LogP contribution in [-0.2, 0) is 0 Å². The van der Waals surface area contributed by atoms with E-state index in [2.05, 4.69) is 35.5 Å². The number of aromatic hydroxyl groups is 1. The van der Waals surface area contributed by atoms with Gasteiger partial charge in [0.15, 0.2) is 5.65 Å². The fourth-order valence-corrected chi connectivity index (χ4v) is 3.75. The molecule has 0 spiro atoms. The number of benzene rings is 1. The number of fused-ring (bicyclic) bond motifs is 1. The molecule has 1 atom stereocenters. The molecular formula is C21H24N4O. The first-order chi connectivity index (χ1) is 12.5. The maximum Gasteiger partial charge on any atom is 0.160 e. The molecule has 5 nitrogen and oxygen atoms in total. The smallest absolute Gasteiger partial charge is 0.160 e. The molecule has 0 bridgehead atoms. The molecule has 2 aromatic heterocycles. The Kier molecular flexibility index (Phi) is 4.34. The molecule has 0 aliphatic carbocycles. The molecule has 1 fully saturated rings. The van der Waals surface area contributed by atoms with Crippen LogP contribution in [0.25, 0.3) is 22.3 Å². The molecule has 2 N–H and O–H groups in total. The van der Waals surface area contributed by atoms with Gasteiger partial charge in [0.05, 0.1) is 17.4 Å². The molecule has 3 heterocycles. The van der Waals surface area contributed by atoms with Crippen LogP contribution < -0.4 is 5.32 Å². The molecule has 134 valence electrons. The zero-order valence-corrected chi connectivity index (χ0v) is 15.5. The van der Waals surface area contributed by atoms with Gasteiger partial charge in [-0.05, 0) is 62.4 Å². The Bertz CT molecular complexity index is 946. The van der Waals surface area contributed by atoms with Crippen LogP contribution in [0.3, 0.4) is 0 Å². The van der Waals surface area contributed by atoms with Crippen molar-refractivity contribution in [2.75, 3.05) is 26.7 Å². The lowest BCUT2D eigenvalue weighted by molar-refractivity contribution is 0.199. The van der Waals surface area contributed by atoms with Crippen molar-refractivity contribution in [3.63, 3.8) is 0 Å². The lowest BCUT2D eigenvalue weighted by Gasteiger charge is -2.32. The first-order valence-corrected chi connectivity index (χ1v) is 9.02.